The van der Waals surface area contributed by atoms with Gasteiger partial charge in [0.25, 0.3) is 0 Å². The fourth-order valence-corrected chi connectivity index (χ4v) is 2.69. The van der Waals surface area contributed by atoms with E-state index in [1.807, 2.05) is 24.1 Å². The van der Waals surface area contributed by atoms with Crippen molar-refractivity contribution in [1.82, 2.24) is 14.9 Å². The summed E-state index contributed by atoms with van der Waals surface area (Å²) in [6.07, 6.45) is 3.07. The van der Waals surface area contributed by atoms with E-state index in [9.17, 15) is 4.39 Å². The number of likely N-dealkylation sites (N-methyl/N-ethyl adjacent to an activating group) is 1. The van der Waals surface area contributed by atoms with Crippen molar-refractivity contribution < 1.29 is 4.39 Å². The van der Waals surface area contributed by atoms with Gasteiger partial charge in [-0.25, -0.2) is 14.4 Å². The van der Waals surface area contributed by atoms with Crippen molar-refractivity contribution in [1.29, 1.82) is 10.5 Å². The first kappa shape index (κ1) is 15.9. The van der Waals surface area contributed by atoms with Gasteiger partial charge >= 0.3 is 0 Å². The van der Waals surface area contributed by atoms with E-state index in [1.54, 1.807) is 18.3 Å². The molecule has 0 atom stereocenters. The third-order valence-corrected chi connectivity index (χ3v) is 4.17. The van der Waals surface area contributed by atoms with Crippen LogP contribution in [0.1, 0.15) is 16.8 Å². The van der Waals surface area contributed by atoms with Crippen LogP contribution in [-0.2, 0) is 6.54 Å². The highest BCUT2D eigenvalue weighted by Crippen LogP contribution is 2.24. The molecule has 24 heavy (non-hydrogen) atoms. The van der Waals surface area contributed by atoms with Gasteiger partial charge < -0.3 is 4.90 Å². The molecule has 7 heteroatoms. The quantitative estimate of drug-likeness (QED) is 0.852. The number of benzene rings is 1. The Hall–Kier alpha value is -3.03. The summed E-state index contributed by atoms with van der Waals surface area (Å²) in [5.74, 6) is 0.229. The summed E-state index contributed by atoms with van der Waals surface area (Å²) in [6.45, 7) is 1.88. The van der Waals surface area contributed by atoms with Gasteiger partial charge in [0.05, 0.1) is 11.6 Å². The van der Waals surface area contributed by atoms with Crippen LogP contribution in [0.15, 0.2) is 30.6 Å². The molecule has 1 aliphatic rings. The second kappa shape index (κ2) is 6.61. The SMILES string of the molecule is CN(Cc1ccc(C#N)cc1F)C1CN(c2nccnc2C#N)C1. The largest absolute Gasteiger partial charge is 0.351 e. The van der Waals surface area contributed by atoms with E-state index >= 15 is 0 Å². The minimum atomic E-state index is -0.363. The maximum absolute atomic E-state index is 14.0. The van der Waals surface area contributed by atoms with Crippen molar-refractivity contribution in [3.63, 3.8) is 0 Å². The zero-order chi connectivity index (χ0) is 17.1. The Bertz CT molecular complexity index is 832. The number of nitrogens with zero attached hydrogens (tertiary/aromatic N) is 6. The summed E-state index contributed by atoms with van der Waals surface area (Å²) < 4.78 is 14.0. The smallest absolute Gasteiger partial charge is 0.183 e. The topological polar surface area (TPSA) is 79.8 Å². The Morgan fingerprint density at radius 1 is 1.25 bits per heavy atom. The number of nitriles is 2. The molecule has 6 nitrogen and oxygen atoms in total. The van der Waals surface area contributed by atoms with Gasteiger partial charge in [0.1, 0.15) is 11.9 Å². The first-order valence-corrected chi connectivity index (χ1v) is 7.47. The molecule has 0 saturated carbocycles. The first-order valence-electron chi connectivity index (χ1n) is 7.47. The average molecular weight is 322 g/mol. The van der Waals surface area contributed by atoms with E-state index in [1.165, 1.54) is 12.3 Å². The normalized spacial score (nSPS) is 14.1. The van der Waals surface area contributed by atoms with E-state index in [2.05, 4.69) is 14.9 Å². The van der Waals surface area contributed by atoms with Crippen LogP contribution in [0.25, 0.3) is 0 Å². The molecule has 0 bridgehead atoms. The van der Waals surface area contributed by atoms with Gasteiger partial charge in [-0.1, -0.05) is 6.07 Å². The number of aromatic nitrogens is 2. The van der Waals surface area contributed by atoms with Crippen molar-refractivity contribution >= 4 is 5.82 Å². The number of hydrogen-bond donors (Lipinski definition) is 0. The lowest BCUT2D eigenvalue weighted by molar-refractivity contribution is 0.194. The molecule has 1 fully saturated rings. The lowest BCUT2D eigenvalue weighted by Crippen LogP contribution is -2.58. The van der Waals surface area contributed by atoms with Crippen LogP contribution in [0.2, 0.25) is 0 Å². The minimum absolute atomic E-state index is 0.244. The maximum Gasteiger partial charge on any atom is 0.183 e. The highest BCUT2D eigenvalue weighted by molar-refractivity contribution is 5.52. The van der Waals surface area contributed by atoms with Crippen molar-refractivity contribution in [2.24, 2.45) is 0 Å². The molecule has 0 aliphatic carbocycles. The van der Waals surface area contributed by atoms with Crippen molar-refractivity contribution in [3.8, 4) is 12.1 Å². The summed E-state index contributed by atoms with van der Waals surface area (Å²) in [5.41, 5.74) is 1.20. The van der Waals surface area contributed by atoms with Crippen LogP contribution in [0.3, 0.4) is 0 Å². The molecule has 0 amide bonds. The van der Waals surface area contributed by atoms with E-state index in [4.69, 9.17) is 10.5 Å². The molecular weight excluding hydrogens is 307 g/mol. The fourth-order valence-electron chi connectivity index (χ4n) is 2.69. The zero-order valence-electron chi connectivity index (χ0n) is 13.1. The van der Waals surface area contributed by atoms with E-state index in [0.717, 1.165) is 0 Å². The van der Waals surface area contributed by atoms with Gasteiger partial charge in [-0.05, 0) is 19.2 Å². The minimum Gasteiger partial charge on any atom is -0.351 e. The van der Waals surface area contributed by atoms with E-state index in [0.29, 0.717) is 42.3 Å². The Labute approximate surface area is 139 Å². The molecule has 0 N–H and O–H groups in total. The maximum atomic E-state index is 14.0. The molecule has 3 rings (SSSR count). The number of hydrogen-bond acceptors (Lipinski definition) is 6. The van der Waals surface area contributed by atoms with Crippen LogP contribution in [-0.4, -0.2) is 41.0 Å². The van der Waals surface area contributed by atoms with Crippen LogP contribution in [0.5, 0.6) is 0 Å². The summed E-state index contributed by atoms with van der Waals surface area (Å²) in [4.78, 5) is 12.3. The Balaban J connectivity index is 1.62. The van der Waals surface area contributed by atoms with Crippen LogP contribution in [0.4, 0.5) is 10.2 Å². The van der Waals surface area contributed by atoms with Crippen molar-refractivity contribution in [2.75, 3.05) is 25.0 Å². The second-order valence-electron chi connectivity index (χ2n) is 5.73. The molecule has 0 unspecified atom stereocenters. The summed E-state index contributed by atoms with van der Waals surface area (Å²) in [6, 6.07) is 8.75. The summed E-state index contributed by atoms with van der Waals surface area (Å²) >= 11 is 0. The number of anilines is 1. The third-order valence-electron chi connectivity index (χ3n) is 4.17. The monoisotopic (exact) mass is 322 g/mol. The van der Waals surface area contributed by atoms with Crippen LogP contribution in [0, 0.1) is 28.5 Å². The fraction of sp³-hybridized carbons (Fsp3) is 0.294. The molecule has 1 aromatic carbocycles. The van der Waals surface area contributed by atoms with Crippen LogP contribution >= 0.6 is 0 Å². The first-order chi connectivity index (χ1) is 11.6. The zero-order valence-corrected chi connectivity index (χ0v) is 13.1. The van der Waals surface area contributed by atoms with Gasteiger partial charge in [-0.2, -0.15) is 10.5 Å². The molecule has 2 aromatic rings. The Kier molecular flexibility index (Phi) is 4.37. The predicted molar refractivity (Wildman–Crippen MR) is 85.3 cm³/mol. The molecule has 1 aliphatic heterocycles. The molecule has 1 saturated heterocycles. The highest BCUT2D eigenvalue weighted by atomic mass is 19.1. The third kappa shape index (κ3) is 3.03. The molecule has 1 aromatic heterocycles. The molecule has 0 radical (unpaired) electrons. The van der Waals surface area contributed by atoms with Gasteiger partial charge in [0.2, 0.25) is 0 Å². The highest BCUT2D eigenvalue weighted by Gasteiger charge is 2.32. The number of rotatable bonds is 4. The Morgan fingerprint density at radius 3 is 2.67 bits per heavy atom. The summed E-state index contributed by atoms with van der Waals surface area (Å²) in [7, 11) is 1.93. The van der Waals surface area contributed by atoms with Gasteiger partial charge in [0, 0.05) is 43.6 Å². The van der Waals surface area contributed by atoms with Gasteiger partial charge in [-0.3, -0.25) is 4.90 Å². The summed E-state index contributed by atoms with van der Waals surface area (Å²) in [5, 5.41) is 17.9. The molecule has 2 heterocycles. The van der Waals surface area contributed by atoms with Gasteiger partial charge in [-0.15, -0.1) is 0 Å². The molecular formula is C17H15FN6. The second-order valence-corrected chi connectivity index (χ2v) is 5.73. The van der Waals surface area contributed by atoms with Crippen molar-refractivity contribution in [3.05, 3.63) is 53.2 Å². The lowest BCUT2D eigenvalue weighted by atomic mass is 10.1. The number of halogens is 1. The molecule has 120 valence electrons. The molecule has 0 spiro atoms. The predicted octanol–water partition coefficient (Wildman–Crippen LogP) is 1.68. The van der Waals surface area contributed by atoms with Crippen LogP contribution < -0.4 is 4.90 Å². The van der Waals surface area contributed by atoms with E-state index in [-0.39, 0.29) is 11.9 Å². The Morgan fingerprint density at radius 2 is 2.00 bits per heavy atom. The average Bonchev–Trinajstić information content (AvgIpc) is 2.55. The lowest BCUT2D eigenvalue weighted by Gasteiger charge is -2.44. The standard InChI is InChI=1S/C17H15FN6/c1-23(9-13-3-2-12(7-19)6-15(13)18)14-10-24(11-14)17-16(8-20)21-4-5-22-17/h2-6,14H,9-11H2,1H3. The van der Waals surface area contributed by atoms with Crippen molar-refractivity contribution in [2.45, 2.75) is 12.6 Å². The van der Waals surface area contributed by atoms with Gasteiger partial charge in [0.15, 0.2) is 11.5 Å². The van der Waals surface area contributed by atoms with E-state index < -0.39 is 0 Å².